The first kappa shape index (κ1) is 12.2. The molecule has 0 aliphatic rings. The Hall–Kier alpha value is -0.870. The highest BCUT2D eigenvalue weighted by atomic mass is 79.9. The fraction of sp³-hybridized carbons (Fsp3) is 0.364. The topological polar surface area (TPSA) is 55.1 Å². The van der Waals surface area contributed by atoms with Crippen molar-refractivity contribution in [2.45, 2.75) is 25.9 Å². The number of rotatable bonds is 5. The number of hydrogen-bond donors (Lipinski definition) is 2. The van der Waals surface area contributed by atoms with Gasteiger partial charge in [0.15, 0.2) is 0 Å². The largest absolute Gasteiger partial charge is 0.368 e. The zero-order chi connectivity index (χ0) is 11.3. The predicted octanol–water partition coefficient (Wildman–Crippen LogP) is 1.80. The van der Waals surface area contributed by atoms with Crippen LogP contribution in [0.3, 0.4) is 0 Å². The highest BCUT2D eigenvalue weighted by Crippen LogP contribution is 2.10. The highest BCUT2D eigenvalue weighted by Gasteiger charge is 2.10. The SMILES string of the molecule is CCC(NCc1ccc(Br)cc1)C(N)=O. The molecule has 3 N–H and O–H groups in total. The third-order valence-corrected chi connectivity index (χ3v) is 2.75. The number of nitrogens with one attached hydrogen (secondary N) is 1. The van der Waals surface area contributed by atoms with E-state index in [1.54, 1.807) is 0 Å². The van der Waals surface area contributed by atoms with E-state index in [1.807, 2.05) is 31.2 Å². The van der Waals surface area contributed by atoms with Crippen LogP contribution in [0.4, 0.5) is 0 Å². The maximum Gasteiger partial charge on any atom is 0.234 e. The van der Waals surface area contributed by atoms with E-state index in [-0.39, 0.29) is 11.9 Å². The molecule has 0 aliphatic heterocycles. The van der Waals surface area contributed by atoms with Crippen molar-refractivity contribution in [1.82, 2.24) is 5.32 Å². The van der Waals surface area contributed by atoms with Crippen molar-refractivity contribution in [2.24, 2.45) is 5.73 Å². The van der Waals surface area contributed by atoms with Gasteiger partial charge in [0.1, 0.15) is 0 Å². The summed E-state index contributed by atoms with van der Waals surface area (Å²) in [5, 5.41) is 3.11. The van der Waals surface area contributed by atoms with E-state index in [0.717, 1.165) is 10.0 Å². The van der Waals surface area contributed by atoms with Gasteiger partial charge in [0.05, 0.1) is 6.04 Å². The van der Waals surface area contributed by atoms with Crippen molar-refractivity contribution in [3.63, 3.8) is 0 Å². The van der Waals surface area contributed by atoms with E-state index < -0.39 is 0 Å². The molecule has 0 bridgehead atoms. The van der Waals surface area contributed by atoms with E-state index in [0.29, 0.717) is 13.0 Å². The summed E-state index contributed by atoms with van der Waals surface area (Å²) in [6, 6.07) is 7.72. The van der Waals surface area contributed by atoms with Crippen LogP contribution < -0.4 is 11.1 Å². The molecule has 1 atom stereocenters. The van der Waals surface area contributed by atoms with Crippen molar-refractivity contribution < 1.29 is 4.79 Å². The summed E-state index contributed by atoms with van der Waals surface area (Å²) >= 11 is 3.37. The monoisotopic (exact) mass is 270 g/mol. The van der Waals surface area contributed by atoms with Gasteiger partial charge in [0, 0.05) is 11.0 Å². The summed E-state index contributed by atoms with van der Waals surface area (Å²) in [5.41, 5.74) is 6.36. The summed E-state index contributed by atoms with van der Waals surface area (Å²) < 4.78 is 1.05. The molecule has 1 aromatic carbocycles. The average molecular weight is 271 g/mol. The van der Waals surface area contributed by atoms with Crippen LogP contribution in [0.5, 0.6) is 0 Å². The van der Waals surface area contributed by atoms with E-state index in [4.69, 9.17) is 5.73 Å². The molecule has 1 unspecified atom stereocenters. The molecule has 0 fully saturated rings. The van der Waals surface area contributed by atoms with Gasteiger partial charge < -0.3 is 11.1 Å². The third kappa shape index (κ3) is 4.01. The van der Waals surface area contributed by atoms with Crippen molar-refractivity contribution in [3.05, 3.63) is 34.3 Å². The lowest BCUT2D eigenvalue weighted by molar-refractivity contribution is -0.120. The lowest BCUT2D eigenvalue weighted by Gasteiger charge is -2.12. The number of hydrogen-bond acceptors (Lipinski definition) is 2. The lowest BCUT2D eigenvalue weighted by Crippen LogP contribution is -2.40. The Labute approximate surface area is 98.2 Å². The Morgan fingerprint density at radius 2 is 2.07 bits per heavy atom. The molecule has 1 aromatic rings. The third-order valence-electron chi connectivity index (χ3n) is 2.22. The fourth-order valence-corrected chi connectivity index (χ4v) is 1.55. The molecular formula is C11H15BrN2O. The first-order valence-corrected chi connectivity index (χ1v) is 5.70. The molecule has 0 saturated carbocycles. The minimum absolute atomic E-state index is 0.242. The number of carbonyl (C=O) groups is 1. The predicted molar refractivity (Wildman–Crippen MR) is 64.3 cm³/mol. The van der Waals surface area contributed by atoms with Gasteiger partial charge in [-0.1, -0.05) is 35.0 Å². The van der Waals surface area contributed by atoms with Crippen LogP contribution in [0.15, 0.2) is 28.7 Å². The quantitative estimate of drug-likeness (QED) is 0.858. The first-order valence-electron chi connectivity index (χ1n) is 4.90. The van der Waals surface area contributed by atoms with Crippen LogP contribution in [0, 0.1) is 0 Å². The van der Waals surface area contributed by atoms with Crippen molar-refractivity contribution in [3.8, 4) is 0 Å². The van der Waals surface area contributed by atoms with Gasteiger partial charge in [0.25, 0.3) is 0 Å². The van der Waals surface area contributed by atoms with Crippen LogP contribution in [-0.4, -0.2) is 11.9 Å². The van der Waals surface area contributed by atoms with Gasteiger partial charge in [-0.15, -0.1) is 0 Å². The molecule has 1 rings (SSSR count). The molecule has 15 heavy (non-hydrogen) atoms. The molecule has 4 heteroatoms. The molecule has 0 heterocycles. The summed E-state index contributed by atoms with van der Waals surface area (Å²) in [6.07, 6.45) is 0.714. The summed E-state index contributed by atoms with van der Waals surface area (Å²) in [6.45, 7) is 2.60. The zero-order valence-corrected chi connectivity index (χ0v) is 10.3. The summed E-state index contributed by atoms with van der Waals surface area (Å²) in [7, 11) is 0. The average Bonchev–Trinajstić information content (AvgIpc) is 2.21. The van der Waals surface area contributed by atoms with Crippen LogP contribution in [0.2, 0.25) is 0 Å². The number of nitrogens with two attached hydrogens (primary N) is 1. The van der Waals surface area contributed by atoms with E-state index in [1.165, 1.54) is 0 Å². The van der Waals surface area contributed by atoms with E-state index in [9.17, 15) is 4.79 Å². The van der Waals surface area contributed by atoms with Crippen LogP contribution in [0.1, 0.15) is 18.9 Å². The number of amides is 1. The first-order chi connectivity index (χ1) is 7.13. The second-order valence-corrected chi connectivity index (χ2v) is 4.29. The Bertz CT molecular complexity index is 324. The standard InChI is InChI=1S/C11H15BrN2O/c1-2-10(11(13)15)14-7-8-3-5-9(12)6-4-8/h3-6,10,14H,2,7H2,1H3,(H2,13,15). The van der Waals surface area contributed by atoms with E-state index >= 15 is 0 Å². The maximum atomic E-state index is 11.0. The van der Waals surface area contributed by atoms with E-state index in [2.05, 4.69) is 21.2 Å². The van der Waals surface area contributed by atoms with Gasteiger partial charge in [0.2, 0.25) is 5.91 Å². The van der Waals surface area contributed by atoms with Gasteiger partial charge in [-0.3, -0.25) is 4.79 Å². The molecule has 0 spiro atoms. The summed E-state index contributed by atoms with van der Waals surface area (Å²) in [4.78, 5) is 11.0. The molecule has 3 nitrogen and oxygen atoms in total. The van der Waals surface area contributed by atoms with Gasteiger partial charge in [-0.05, 0) is 24.1 Å². The number of benzene rings is 1. The Morgan fingerprint density at radius 1 is 1.47 bits per heavy atom. The van der Waals surface area contributed by atoms with Crippen LogP contribution in [0.25, 0.3) is 0 Å². The molecule has 0 radical (unpaired) electrons. The molecule has 0 aliphatic carbocycles. The minimum Gasteiger partial charge on any atom is -0.368 e. The Balaban J connectivity index is 2.49. The van der Waals surface area contributed by atoms with Gasteiger partial charge in [-0.2, -0.15) is 0 Å². The lowest BCUT2D eigenvalue weighted by atomic mass is 10.2. The molecule has 1 amide bonds. The molecule has 0 saturated heterocycles. The molecule has 0 aromatic heterocycles. The number of carbonyl (C=O) groups excluding carboxylic acids is 1. The van der Waals surface area contributed by atoms with Crippen LogP contribution >= 0.6 is 15.9 Å². The second kappa shape index (κ2) is 5.88. The van der Waals surface area contributed by atoms with Gasteiger partial charge >= 0.3 is 0 Å². The fourth-order valence-electron chi connectivity index (χ4n) is 1.29. The highest BCUT2D eigenvalue weighted by molar-refractivity contribution is 9.10. The number of halogens is 1. The van der Waals surface area contributed by atoms with Crippen molar-refractivity contribution >= 4 is 21.8 Å². The van der Waals surface area contributed by atoms with Crippen molar-refractivity contribution in [1.29, 1.82) is 0 Å². The molecule has 82 valence electrons. The Kier molecular flexibility index (Phi) is 4.78. The Morgan fingerprint density at radius 3 is 2.53 bits per heavy atom. The zero-order valence-electron chi connectivity index (χ0n) is 8.66. The van der Waals surface area contributed by atoms with Crippen molar-refractivity contribution in [2.75, 3.05) is 0 Å². The normalized spacial score (nSPS) is 12.4. The smallest absolute Gasteiger partial charge is 0.234 e. The maximum absolute atomic E-state index is 11.0. The summed E-state index contributed by atoms with van der Waals surface area (Å²) in [5.74, 6) is -0.297. The van der Waals surface area contributed by atoms with Crippen LogP contribution in [-0.2, 0) is 11.3 Å². The molecular weight excluding hydrogens is 256 g/mol. The second-order valence-electron chi connectivity index (χ2n) is 3.37. The number of primary amides is 1. The van der Waals surface area contributed by atoms with Gasteiger partial charge in [-0.25, -0.2) is 0 Å². The minimum atomic E-state index is -0.297.